The molecular formula is C15H19F2. The van der Waals surface area contributed by atoms with Crippen LogP contribution in [0.2, 0.25) is 0 Å². The second kappa shape index (κ2) is 5.61. The third-order valence-corrected chi connectivity index (χ3v) is 3.90. The van der Waals surface area contributed by atoms with Gasteiger partial charge in [-0.05, 0) is 61.3 Å². The summed E-state index contributed by atoms with van der Waals surface area (Å²) in [5.74, 6) is -0.451. The minimum absolute atomic E-state index is 0.190. The van der Waals surface area contributed by atoms with Crippen molar-refractivity contribution in [2.75, 3.05) is 0 Å². The van der Waals surface area contributed by atoms with Gasteiger partial charge in [-0.25, -0.2) is 8.78 Å². The van der Waals surface area contributed by atoms with Gasteiger partial charge in [-0.1, -0.05) is 19.8 Å². The standard InChI is InChI=1S/C15H19F2/c1-2-4-11-7-9-12(10-8-11)13-5-3-6-14(16)15(13)17/h5-6,11-12H,2,4,7-10H2,1H3. The summed E-state index contributed by atoms with van der Waals surface area (Å²) in [5.41, 5.74) is 0.528. The Morgan fingerprint density at radius 3 is 2.53 bits per heavy atom. The molecule has 93 valence electrons. The van der Waals surface area contributed by atoms with Gasteiger partial charge >= 0.3 is 0 Å². The van der Waals surface area contributed by atoms with E-state index in [2.05, 4.69) is 13.0 Å². The normalized spacial score (nSPS) is 24.9. The Morgan fingerprint density at radius 2 is 1.88 bits per heavy atom. The molecule has 0 spiro atoms. The van der Waals surface area contributed by atoms with Crippen LogP contribution in [0.4, 0.5) is 8.78 Å². The Labute approximate surface area is 102 Å². The fourth-order valence-electron chi connectivity index (χ4n) is 2.94. The van der Waals surface area contributed by atoms with Crippen LogP contribution < -0.4 is 0 Å². The van der Waals surface area contributed by atoms with Crippen molar-refractivity contribution >= 4 is 0 Å². The predicted octanol–water partition coefficient (Wildman–Crippen LogP) is 4.84. The third kappa shape index (κ3) is 2.85. The molecule has 0 aromatic heterocycles. The maximum Gasteiger partial charge on any atom is 0.162 e. The van der Waals surface area contributed by atoms with Crippen molar-refractivity contribution in [3.63, 3.8) is 0 Å². The van der Waals surface area contributed by atoms with Crippen LogP contribution >= 0.6 is 0 Å². The molecule has 17 heavy (non-hydrogen) atoms. The van der Waals surface area contributed by atoms with Gasteiger partial charge in [0, 0.05) is 0 Å². The summed E-state index contributed by atoms with van der Waals surface area (Å²) < 4.78 is 26.8. The second-order valence-electron chi connectivity index (χ2n) is 5.08. The molecule has 0 unspecified atom stereocenters. The quantitative estimate of drug-likeness (QED) is 0.705. The number of halogens is 2. The molecule has 1 aliphatic rings. The molecule has 0 saturated heterocycles. The molecule has 1 aliphatic carbocycles. The zero-order valence-electron chi connectivity index (χ0n) is 10.3. The van der Waals surface area contributed by atoms with Gasteiger partial charge < -0.3 is 0 Å². The summed E-state index contributed by atoms with van der Waals surface area (Å²) in [5, 5.41) is 0. The summed E-state index contributed by atoms with van der Waals surface area (Å²) >= 11 is 0. The molecule has 0 N–H and O–H groups in total. The first-order valence-electron chi connectivity index (χ1n) is 6.57. The summed E-state index contributed by atoms with van der Waals surface area (Å²) in [6.45, 7) is 2.20. The molecule has 0 heterocycles. The molecule has 1 aromatic rings. The van der Waals surface area contributed by atoms with E-state index in [0.717, 1.165) is 37.7 Å². The van der Waals surface area contributed by atoms with Gasteiger partial charge in [0.1, 0.15) is 0 Å². The first-order valence-corrected chi connectivity index (χ1v) is 6.57. The van der Waals surface area contributed by atoms with Gasteiger partial charge in [-0.3, -0.25) is 0 Å². The number of rotatable bonds is 3. The Kier molecular flexibility index (Phi) is 4.14. The lowest BCUT2D eigenvalue weighted by molar-refractivity contribution is 0.303. The van der Waals surface area contributed by atoms with E-state index in [1.165, 1.54) is 12.8 Å². The molecule has 1 radical (unpaired) electrons. The summed E-state index contributed by atoms with van der Waals surface area (Å²) in [6.07, 6.45) is 6.75. The van der Waals surface area contributed by atoms with Crippen molar-refractivity contribution in [1.82, 2.24) is 0 Å². The average molecular weight is 237 g/mol. The third-order valence-electron chi connectivity index (χ3n) is 3.90. The first-order chi connectivity index (χ1) is 8.22. The highest BCUT2D eigenvalue weighted by atomic mass is 19.2. The minimum atomic E-state index is -0.766. The second-order valence-corrected chi connectivity index (χ2v) is 5.08. The smallest absolute Gasteiger partial charge is 0.162 e. The van der Waals surface area contributed by atoms with Crippen LogP contribution in [0.25, 0.3) is 0 Å². The molecule has 1 aromatic carbocycles. The fraction of sp³-hybridized carbons (Fsp3) is 0.600. The van der Waals surface area contributed by atoms with Gasteiger partial charge in [0.05, 0.1) is 0 Å². The number of hydrogen-bond donors (Lipinski definition) is 0. The van der Waals surface area contributed by atoms with Crippen molar-refractivity contribution in [2.45, 2.75) is 51.4 Å². The van der Waals surface area contributed by atoms with Crippen molar-refractivity contribution in [2.24, 2.45) is 5.92 Å². The van der Waals surface area contributed by atoms with Crippen LogP contribution in [0.15, 0.2) is 12.1 Å². The van der Waals surface area contributed by atoms with Gasteiger partial charge in [0.2, 0.25) is 0 Å². The Hall–Kier alpha value is -0.920. The number of benzene rings is 1. The molecule has 0 amide bonds. The van der Waals surface area contributed by atoms with Crippen LogP contribution in [-0.2, 0) is 0 Å². The van der Waals surface area contributed by atoms with Crippen LogP contribution in [0, 0.1) is 23.6 Å². The largest absolute Gasteiger partial charge is 0.204 e. The maximum absolute atomic E-state index is 13.6. The van der Waals surface area contributed by atoms with E-state index < -0.39 is 11.6 Å². The molecule has 0 atom stereocenters. The summed E-state index contributed by atoms with van der Waals surface area (Å²) in [7, 11) is 0. The Balaban J connectivity index is 2.03. The lowest BCUT2D eigenvalue weighted by Crippen LogP contribution is -2.14. The van der Waals surface area contributed by atoms with Crippen molar-refractivity contribution in [1.29, 1.82) is 0 Å². The fourth-order valence-corrected chi connectivity index (χ4v) is 2.94. The van der Waals surface area contributed by atoms with Gasteiger partial charge in [0.25, 0.3) is 0 Å². The Bertz CT molecular complexity index is 365. The first kappa shape index (κ1) is 12.5. The summed E-state index contributed by atoms with van der Waals surface area (Å²) in [6, 6.07) is 5.37. The van der Waals surface area contributed by atoms with E-state index in [9.17, 15) is 8.78 Å². The van der Waals surface area contributed by atoms with Gasteiger partial charge in [0.15, 0.2) is 11.6 Å². The van der Waals surface area contributed by atoms with E-state index in [4.69, 9.17) is 0 Å². The maximum atomic E-state index is 13.6. The SMILES string of the molecule is CCCC1CCC(c2c[c]cc(F)c2F)CC1. The highest BCUT2D eigenvalue weighted by molar-refractivity contribution is 5.22. The van der Waals surface area contributed by atoms with Crippen molar-refractivity contribution < 1.29 is 8.78 Å². The predicted molar refractivity (Wildman–Crippen MR) is 64.8 cm³/mol. The van der Waals surface area contributed by atoms with Crippen molar-refractivity contribution in [3.05, 3.63) is 35.4 Å². The molecule has 0 bridgehead atoms. The van der Waals surface area contributed by atoms with E-state index in [1.54, 1.807) is 6.07 Å². The minimum Gasteiger partial charge on any atom is -0.204 e. The topological polar surface area (TPSA) is 0 Å². The molecule has 2 rings (SSSR count). The van der Waals surface area contributed by atoms with E-state index in [1.807, 2.05) is 0 Å². The van der Waals surface area contributed by atoms with Gasteiger partial charge in [-0.2, -0.15) is 0 Å². The zero-order valence-corrected chi connectivity index (χ0v) is 10.3. The lowest BCUT2D eigenvalue weighted by Gasteiger charge is -2.28. The highest BCUT2D eigenvalue weighted by Crippen LogP contribution is 2.38. The number of hydrogen-bond acceptors (Lipinski definition) is 0. The average Bonchev–Trinajstić information content (AvgIpc) is 2.34. The van der Waals surface area contributed by atoms with E-state index in [0.29, 0.717) is 5.56 Å². The van der Waals surface area contributed by atoms with Crippen LogP contribution in [0.3, 0.4) is 0 Å². The molecule has 0 nitrogen and oxygen atoms in total. The zero-order chi connectivity index (χ0) is 12.3. The van der Waals surface area contributed by atoms with E-state index >= 15 is 0 Å². The lowest BCUT2D eigenvalue weighted by atomic mass is 9.77. The van der Waals surface area contributed by atoms with Crippen LogP contribution in [0.5, 0.6) is 0 Å². The van der Waals surface area contributed by atoms with E-state index in [-0.39, 0.29) is 5.92 Å². The molecule has 1 saturated carbocycles. The molecule has 1 fully saturated rings. The van der Waals surface area contributed by atoms with Crippen LogP contribution in [-0.4, -0.2) is 0 Å². The Morgan fingerprint density at radius 1 is 1.18 bits per heavy atom. The monoisotopic (exact) mass is 237 g/mol. The molecule has 2 heteroatoms. The highest BCUT2D eigenvalue weighted by Gasteiger charge is 2.24. The summed E-state index contributed by atoms with van der Waals surface area (Å²) in [4.78, 5) is 0. The van der Waals surface area contributed by atoms with Gasteiger partial charge in [-0.15, -0.1) is 0 Å². The van der Waals surface area contributed by atoms with Crippen molar-refractivity contribution in [3.8, 4) is 0 Å². The molecular weight excluding hydrogens is 218 g/mol. The van der Waals surface area contributed by atoms with Crippen LogP contribution in [0.1, 0.15) is 56.9 Å². The molecule has 0 aliphatic heterocycles.